The maximum absolute atomic E-state index is 14.6. The van der Waals surface area contributed by atoms with E-state index in [9.17, 15) is 57.8 Å². The predicted molar refractivity (Wildman–Crippen MR) is 284 cm³/mol. The number of aromatic hydroxyl groups is 1. The SMILES string of the molecule is [N-]=[N+]=Nc1ccc(C[C@H]2NC(=O)[C@H](Cc3ccc(O)cc3)NC(=O)[C@@H](N)CSSC[C@@H](C(=O)N3CCCC3C(=O)N[C@@H](CCCN=C(N)N)C(=O)NCC(N)=O)NC(=O)[C@H](CC(N)=O)NC(=O)[C@H](CCC(N)=O)NC2=O)cc1. The molecule has 2 saturated heterocycles. The van der Waals surface area contributed by atoms with Gasteiger partial charge in [0.1, 0.15) is 48.0 Å². The first-order valence-electron chi connectivity index (χ1n) is 24.3. The number of carbonyl (C=O) groups is 11. The molecule has 11 amide bonds. The lowest BCUT2D eigenvalue weighted by molar-refractivity contribution is -0.142. The summed E-state index contributed by atoms with van der Waals surface area (Å²) in [5, 5.41) is 31.0. The quantitative estimate of drug-likeness (QED) is 0.0113. The average molecular weight is 1130 g/mol. The van der Waals surface area contributed by atoms with Crippen molar-refractivity contribution >= 4 is 98.2 Å². The third-order valence-electron chi connectivity index (χ3n) is 11.9. The molecule has 0 radical (unpaired) electrons. The monoisotopic (exact) mass is 1120 g/mol. The van der Waals surface area contributed by atoms with Gasteiger partial charge in [-0.2, -0.15) is 0 Å². The summed E-state index contributed by atoms with van der Waals surface area (Å²) in [5.41, 5.74) is 43.4. The number of hydrogen-bond donors (Lipinski definition) is 14. The molecule has 8 atom stereocenters. The first kappa shape index (κ1) is 62.2. The van der Waals surface area contributed by atoms with E-state index in [1.807, 2.05) is 0 Å². The van der Waals surface area contributed by atoms with Crippen molar-refractivity contribution in [2.24, 2.45) is 44.5 Å². The van der Waals surface area contributed by atoms with Crippen LogP contribution in [0.2, 0.25) is 0 Å². The van der Waals surface area contributed by atoms with Crippen molar-refractivity contribution in [2.45, 2.75) is 106 Å². The fourth-order valence-electron chi connectivity index (χ4n) is 7.94. The highest BCUT2D eigenvalue weighted by atomic mass is 33.1. The molecule has 20 N–H and O–H groups in total. The molecule has 32 heteroatoms. The van der Waals surface area contributed by atoms with E-state index in [-0.39, 0.29) is 80.5 Å². The lowest BCUT2D eigenvalue weighted by atomic mass is 10.0. The summed E-state index contributed by atoms with van der Waals surface area (Å²) in [7, 11) is 1.95. The molecule has 0 saturated carbocycles. The number of phenolic OH excluding ortho intramolecular Hbond substituents is 1. The molecule has 2 aliphatic heterocycles. The Morgan fingerprint density at radius 3 is 1.90 bits per heavy atom. The van der Waals surface area contributed by atoms with Gasteiger partial charge in [0.15, 0.2) is 5.96 Å². The normalized spacial score (nSPS) is 22.0. The number of guanidine groups is 1. The molecule has 4 rings (SSSR count). The smallest absolute Gasteiger partial charge is 0.246 e. The van der Waals surface area contributed by atoms with Gasteiger partial charge in [-0.3, -0.25) is 57.7 Å². The highest BCUT2D eigenvalue weighted by Crippen LogP contribution is 2.26. The Morgan fingerprint density at radius 2 is 1.31 bits per heavy atom. The van der Waals surface area contributed by atoms with Crippen molar-refractivity contribution in [1.29, 1.82) is 0 Å². The molecule has 1 unspecified atom stereocenters. The van der Waals surface area contributed by atoms with Crippen LogP contribution in [0.5, 0.6) is 5.75 Å². The molecule has 0 spiro atoms. The summed E-state index contributed by atoms with van der Waals surface area (Å²) in [5.74, 6) is -11.0. The van der Waals surface area contributed by atoms with Gasteiger partial charge in [0.2, 0.25) is 65.0 Å². The number of hydrogen-bond acceptors (Lipinski definition) is 17. The van der Waals surface area contributed by atoms with Crippen LogP contribution in [0.1, 0.15) is 56.1 Å². The number of benzene rings is 2. The second kappa shape index (κ2) is 31.0. The van der Waals surface area contributed by atoms with E-state index in [0.29, 0.717) is 11.1 Å². The van der Waals surface area contributed by atoms with Crippen LogP contribution in [0.25, 0.3) is 10.4 Å². The molecule has 30 nitrogen and oxygen atoms in total. The first-order valence-corrected chi connectivity index (χ1v) is 26.8. The van der Waals surface area contributed by atoms with Crippen LogP contribution in [0.4, 0.5) is 5.69 Å². The van der Waals surface area contributed by atoms with E-state index in [4.69, 9.17) is 39.9 Å². The third-order valence-corrected chi connectivity index (χ3v) is 14.3. The van der Waals surface area contributed by atoms with Crippen LogP contribution < -0.4 is 71.6 Å². The fourth-order valence-corrected chi connectivity index (χ4v) is 10.2. The molecule has 2 aromatic carbocycles. The van der Waals surface area contributed by atoms with Crippen molar-refractivity contribution in [2.75, 3.05) is 31.1 Å². The Labute approximate surface area is 454 Å². The van der Waals surface area contributed by atoms with Crippen LogP contribution >= 0.6 is 21.6 Å². The number of amides is 11. The van der Waals surface area contributed by atoms with E-state index in [1.54, 1.807) is 0 Å². The van der Waals surface area contributed by atoms with Crippen molar-refractivity contribution in [1.82, 2.24) is 42.1 Å². The molecule has 0 aliphatic carbocycles. The summed E-state index contributed by atoms with van der Waals surface area (Å²) in [4.78, 5) is 157. The zero-order valence-electron chi connectivity index (χ0n) is 42.1. The van der Waals surface area contributed by atoms with Gasteiger partial charge in [-0.05, 0) is 60.9 Å². The van der Waals surface area contributed by atoms with Crippen LogP contribution in [0.15, 0.2) is 58.6 Å². The largest absolute Gasteiger partial charge is 0.508 e. The van der Waals surface area contributed by atoms with Crippen molar-refractivity contribution in [3.8, 4) is 5.75 Å². The molecular formula is C46H64N18O12S2. The van der Waals surface area contributed by atoms with Gasteiger partial charge in [-0.15, -0.1) is 0 Å². The van der Waals surface area contributed by atoms with Gasteiger partial charge in [0.05, 0.1) is 19.0 Å². The Hall–Kier alpha value is -8.35. The van der Waals surface area contributed by atoms with Gasteiger partial charge < -0.3 is 81.6 Å². The van der Waals surface area contributed by atoms with E-state index >= 15 is 0 Å². The molecule has 78 heavy (non-hydrogen) atoms. The number of primary amides is 3. The fraction of sp³-hybridized carbons (Fsp3) is 0.478. The maximum atomic E-state index is 14.6. The summed E-state index contributed by atoms with van der Waals surface area (Å²) in [6.45, 7) is -0.480. The van der Waals surface area contributed by atoms with Crippen LogP contribution in [-0.4, -0.2) is 160 Å². The standard InChI is InChI=1S/C46H64N18O12S2/c47-27-21-77-78-22-33(45(76)64-16-2-4-34(64)44(75)57-28(3-1-15-54-46(51)52)39(70)55-20-37(50)68)61-43(74)32(19-36(49)67)60-40(71)29(13-14-35(48)66)56-41(72)31(17-23-5-9-25(10-6-23)62-63-53)59-42(73)30(58-38(27)69)18-24-7-11-26(65)12-8-24/h5-12,27-34,65H,1-4,13-22,47H2,(H2,48,66)(H2,49,67)(H2,50,68)(H,55,70)(H,56,72)(H,57,75)(H,58,69)(H,59,73)(H,60,71)(H,61,74)(H4,51,52,54)/t27-,28-,29-,30-,31+,32-,33-,34?/m0/s1. The van der Waals surface area contributed by atoms with E-state index < -0.39 is 139 Å². The van der Waals surface area contributed by atoms with Crippen LogP contribution in [0, 0.1) is 0 Å². The van der Waals surface area contributed by atoms with Gasteiger partial charge >= 0.3 is 0 Å². The van der Waals surface area contributed by atoms with E-state index in [0.717, 1.165) is 21.6 Å². The van der Waals surface area contributed by atoms with Gasteiger partial charge in [0, 0.05) is 54.5 Å². The zero-order chi connectivity index (χ0) is 57.5. The number of likely N-dealkylation sites (tertiary alicyclic amines) is 1. The Morgan fingerprint density at radius 1 is 0.744 bits per heavy atom. The summed E-state index contributed by atoms with van der Waals surface area (Å²) < 4.78 is 0. The minimum Gasteiger partial charge on any atom is -0.508 e. The number of azide groups is 1. The number of phenols is 1. The van der Waals surface area contributed by atoms with Crippen molar-refractivity contribution in [3.05, 3.63) is 70.1 Å². The van der Waals surface area contributed by atoms with Crippen LogP contribution in [-0.2, 0) is 65.6 Å². The average Bonchev–Trinajstić information content (AvgIpc) is 3.89. The molecule has 0 bridgehead atoms. The second-order valence-electron chi connectivity index (χ2n) is 18.0. The number of aliphatic imine (C=N–C) groups is 1. The molecule has 2 fully saturated rings. The third kappa shape index (κ3) is 20.6. The topological polar surface area (TPSA) is 513 Å². The summed E-state index contributed by atoms with van der Waals surface area (Å²) >= 11 is 0. The maximum Gasteiger partial charge on any atom is 0.246 e. The molecule has 0 aromatic heterocycles. The second-order valence-corrected chi connectivity index (χ2v) is 20.5. The number of rotatable bonds is 20. The minimum absolute atomic E-state index is 0.0109. The lowest BCUT2D eigenvalue weighted by Crippen LogP contribution is -2.61. The summed E-state index contributed by atoms with van der Waals surface area (Å²) in [6.07, 6.45) is -1.73. The highest BCUT2D eigenvalue weighted by Gasteiger charge is 2.40. The number of nitrogens with one attached hydrogen (secondary N) is 7. The lowest BCUT2D eigenvalue weighted by Gasteiger charge is -2.31. The predicted octanol–water partition coefficient (Wildman–Crippen LogP) is -4.46. The Bertz CT molecular complexity index is 2600. The Kier molecular flexibility index (Phi) is 24.7. The zero-order valence-corrected chi connectivity index (χ0v) is 43.7. The van der Waals surface area contributed by atoms with Gasteiger partial charge in [-0.1, -0.05) is 63.1 Å². The number of carbonyl (C=O) groups excluding carboxylic acids is 11. The van der Waals surface area contributed by atoms with Gasteiger partial charge in [-0.25, -0.2) is 0 Å². The summed E-state index contributed by atoms with van der Waals surface area (Å²) in [6, 6.07) is -0.232. The number of nitrogens with zero attached hydrogens (tertiary/aromatic N) is 5. The molecule has 2 heterocycles. The molecule has 2 aliphatic rings. The Balaban J connectivity index is 1.73. The highest BCUT2D eigenvalue weighted by molar-refractivity contribution is 8.76. The van der Waals surface area contributed by atoms with Crippen molar-refractivity contribution in [3.63, 3.8) is 0 Å². The van der Waals surface area contributed by atoms with Crippen molar-refractivity contribution < 1.29 is 57.8 Å². The molecule has 2 aromatic rings. The molecular weight excluding hydrogens is 1060 g/mol. The molecule has 422 valence electrons. The van der Waals surface area contributed by atoms with E-state index in [1.165, 1.54) is 53.4 Å². The van der Waals surface area contributed by atoms with Gasteiger partial charge in [0.25, 0.3) is 0 Å². The first-order chi connectivity index (χ1) is 37.0. The number of nitrogens with two attached hydrogens (primary N) is 6. The van der Waals surface area contributed by atoms with Crippen LogP contribution in [0.3, 0.4) is 0 Å². The van der Waals surface area contributed by atoms with E-state index in [2.05, 4.69) is 52.2 Å². The minimum atomic E-state index is -1.83.